The third kappa shape index (κ3) is 3.01. The molecule has 0 unspecified atom stereocenters. The van der Waals surface area contributed by atoms with Gasteiger partial charge in [-0.3, -0.25) is 5.43 Å². The number of nitrogens with one attached hydrogen (secondary N) is 2. The molecule has 2 aliphatic rings. The van der Waals surface area contributed by atoms with E-state index in [1.807, 2.05) is 0 Å². The van der Waals surface area contributed by atoms with Crippen molar-refractivity contribution in [2.75, 3.05) is 41.9 Å². The van der Waals surface area contributed by atoms with Crippen molar-refractivity contribution in [3.63, 3.8) is 0 Å². The largest absolute Gasteiger partial charge is 0.378 e. The number of ether oxygens (including phenoxy) is 1. The van der Waals surface area contributed by atoms with Gasteiger partial charge in [0.2, 0.25) is 17.8 Å². The average Bonchev–Trinajstić information content (AvgIpc) is 2.51. The lowest BCUT2D eigenvalue weighted by molar-refractivity contribution is 0.122. The van der Waals surface area contributed by atoms with Gasteiger partial charge in [0.1, 0.15) is 0 Å². The zero-order valence-corrected chi connectivity index (χ0v) is 12.4. The normalized spacial score (nSPS) is 20.8. The first-order valence-electron chi connectivity index (χ1n) is 7.58. The van der Waals surface area contributed by atoms with E-state index in [0.717, 1.165) is 32.4 Å². The molecule has 1 saturated heterocycles. The topological polar surface area (TPSA) is 101 Å². The molecule has 0 spiro atoms. The van der Waals surface area contributed by atoms with Crippen LogP contribution in [-0.2, 0) is 4.74 Å². The summed E-state index contributed by atoms with van der Waals surface area (Å²) in [5, 5.41) is 3.48. The van der Waals surface area contributed by atoms with E-state index in [-0.39, 0.29) is 5.54 Å². The molecule has 0 amide bonds. The van der Waals surface area contributed by atoms with Crippen LogP contribution in [0, 0.1) is 0 Å². The Kier molecular flexibility index (Phi) is 4.07. The number of hydrazine groups is 1. The number of hydrogen-bond acceptors (Lipinski definition) is 8. The van der Waals surface area contributed by atoms with Gasteiger partial charge in [-0.25, -0.2) is 5.84 Å². The minimum Gasteiger partial charge on any atom is -0.378 e. The summed E-state index contributed by atoms with van der Waals surface area (Å²) < 4.78 is 5.36. The van der Waals surface area contributed by atoms with Crippen molar-refractivity contribution in [3.05, 3.63) is 0 Å². The minimum atomic E-state index is 0.134. The second kappa shape index (κ2) is 5.98. The Balaban J connectivity index is 1.82. The third-order valence-corrected chi connectivity index (χ3v) is 4.41. The number of aromatic nitrogens is 3. The van der Waals surface area contributed by atoms with E-state index >= 15 is 0 Å². The molecular formula is C13H23N7O. The van der Waals surface area contributed by atoms with Crippen molar-refractivity contribution in [1.82, 2.24) is 15.0 Å². The molecule has 2 heterocycles. The molecule has 1 aliphatic heterocycles. The van der Waals surface area contributed by atoms with Crippen LogP contribution in [0.25, 0.3) is 0 Å². The maximum Gasteiger partial charge on any atom is 0.243 e. The summed E-state index contributed by atoms with van der Waals surface area (Å²) in [6.45, 7) is 5.15. The Morgan fingerprint density at radius 1 is 1.19 bits per heavy atom. The summed E-state index contributed by atoms with van der Waals surface area (Å²) in [6, 6.07) is 0. The first kappa shape index (κ1) is 14.3. The van der Waals surface area contributed by atoms with Gasteiger partial charge in [-0.15, -0.1) is 0 Å². The molecule has 0 atom stereocenters. The van der Waals surface area contributed by atoms with E-state index in [9.17, 15) is 0 Å². The van der Waals surface area contributed by atoms with Gasteiger partial charge in [-0.2, -0.15) is 15.0 Å². The van der Waals surface area contributed by atoms with Gasteiger partial charge >= 0.3 is 0 Å². The van der Waals surface area contributed by atoms with E-state index in [4.69, 9.17) is 10.6 Å². The molecule has 1 saturated carbocycles. The lowest BCUT2D eigenvalue weighted by Gasteiger charge is -2.42. The van der Waals surface area contributed by atoms with Gasteiger partial charge in [0.05, 0.1) is 13.2 Å². The molecule has 0 radical (unpaired) electrons. The monoisotopic (exact) mass is 293 g/mol. The van der Waals surface area contributed by atoms with Gasteiger partial charge < -0.3 is 15.0 Å². The molecule has 0 aromatic carbocycles. The fraction of sp³-hybridized carbons (Fsp3) is 0.769. The maximum atomic E-state index is 5.49. The highest BCUT2D eigenvalue weighted by Crippen LogP contribution is 2.37. The van der Waals surface area contributed by atoms with Gasteiger partial charge in [0, 0.05) is 18.6 Å². The van der Waals surface area contributed by atoms with E-state index < -0.39 is 0 Å². The standard InChI is InChI=1S/C13H23N7O/c1-2-13(4-3-5-13)18-10-15-11(19-14)17-12(16-10)20-6-8-21-9-7-20/h2-9,14H2,1H3,(H2,15,16,17,18,19). The van der Waals surface area contributed by atoms with Crippen LogP contribution in [-0.4, -0.2) is 46.8 Å². The van der Waals surface area contributed by atoms with Crippen LogP contribution in [0.4, 0.5) is 17.8 Å². The van der Waals surface area contributed by atoms with Gasteiger partial charge in [0.15, 0.2) is 0 Å². The third-order valence-electron chi connectivity index (χ3n) is 4.41. The van der Waals surface area contributed by atoms with Crippen molar-refractivity contribution in [1.29, 1.82) is 0 Å². The number of morpholine rings is 1. The van der Waals surface area contributed by atoms with Crippen LogP contribution in [0.1, 0.15) is 32.6 Å². The molecule has 116 valence electrons. The SMILES string of the molecule is CCC1(Nc2nc(NN)nc(N3CCOCC3)n2)CCC1. The molecule has 4 N–H and O–H groups in total. The number of hydrogen-bond donors (Lipinski definition) is 3. The molecule has 8 heteroatoms. The van der Waals surface area contributed by atoms with Gasteiger partial charge in [-0.05, 0) is 25.7 Å². The molecule has 3 rings (SSSR count). The second-order valence-corrected chi connectivity index (χ2v) is 5.64. The first-order chi connectivity index (χ1) is 10.2. The zero-order chi connectivity index (χ0) is 14.7. The van der Waals surface area contributed by atoms with Gasteiger partial charge in [0.25, 0.3) is 0 Å². The van der Waals surface area contributed by atoms with E-state index in [1.54, 1.807) is 0 Å². The Morgan fingerprint density at radius 3 is 2.48 bits per heavy atom. The fourth-order valence-corrected chi connectivity index (χ4v) is 2.80. The summed E-state index contributed by atoms with van der Waals surface area (Å²) in [5.41, 5.74) is 2.66. The first-order valence-corrected chi connectivity index (χ1v) is 7.58. The number of nitrogens with zero attached hydrogens (tertiary/aromatic N) is 4. The smallest absolute Gasteiger partial charge is 0.243 e. The van der Waals surface area contributed by atoms with E-state index in [1.165, 1.54) is 6.42 Å². The van der Waals surface area contributed by atoms with Gasteiger partial charge in [-0.1, -0.05) is 6.92 Å². The van der Waals surface area contributed by atoms with Crippen LogP contribution in [0.15, 0.2) is 0 Å². The molecule has 21 heavy (non-hydrogen) atoms. The molecule has 8 nitrogen and oxygen atoms in total. The molecule has 1 aromatic rings. The highest BCUT2D eigenvalue weighted by molar-refractivity contribution is 5.45. The Hall–Kier alpha value is -1.67. The summed E-state index contributed by atoms with van der Waals surface area (Å²) in [7, 11) is 0. The lowest BCUT2D eigenvalue weighted by atomic mass is 9.75. The number of anilines is 3. The quantitative estimate of drug-likeness (QED) is 0.540. The van der Waals surface area contributed by atoms with Crippen LogP contribution in [0.2, 0.25) is 0 Å². The molecule has 2 fully saturated rings. The zero-order valence-electron chi connectivity index (χ0n) is 12.4. The summed E-state index contributed by atoms with van der Waals surface area (Å²) >= 11 is 0. The van der Waals surface area contributed by atoms with Crippen molar-refractivity contribution < 1.29 is 4.74 Å². The maximum absolute atomic E-state index is 5.49. The predicted molar refractivity (Wildman–Crippen MR) is 81.2 cm³/mol. The molecule has 0 bridgehead atoms. The van der Waals surface area contributed by atoms with Crippen LogP contribution in [0.5, 0.6) is 0 Å². The van der Waals surface area contributed by atoms with Crippen LogP contribution in [0.3, 0.4) is 0 Å². The van der Waals surface area contributed by atoms with Crippen LogP contribution < -0.4 is 21.5 Å². The van der Waals surface area contributed by atoms with Crippen molar-refractivity contribution in [2.45, 2.75) is 38.1 Å². The van der Waals surface area contributed by atoms with Crippen LogP contribution >= 0.6 is 0 Å². The molecule has 1 aromatic heterocycles. The highest BCUT2D eigenvalue weighted by Gasteiger charge is 2.36. The van der Waals surface area contributed by atoms with Crippen molar-refractivity contribution >= 4 is 17.8 Å². The summed E-state index contributed by atoms with van der Waals surface area (Å²) in [5.74, 6) is 7.12. The highest BCUT2D eigenvalue weighted by atomic mass is 16.5. The lowest BCUT2D eigenvalue weighted by Crippen LogP contribution is -2.45. The molecule has 1 aliphatic carbocycles. The average molecular weight is 293 g/mol. The number of rotatable bonds is 5. The Labute approximate surface area is 124 Å². The predicted octanol–water partition coefficient (Wildman–Crippen LogP) is 0.738. The van der Waals surface area contributed by atoms with E-state index in [2.05, 4.69) is 37.5 Å². The summed E-state index contributed by atoms with van der Waals surface area (Å²) in [6.07, 6.45) is 4.64. The Morgan fingerprint density at radius 2 is 1.90 bits per heavy atom. The summed E-state index contributed by atoms with van der Waals surface area (Å²) in [4.78, 5) is 15.3. The molecular weight excluding hydrogens is 270 g/mol. The number of nitrogen functional groups attached to an aromatic ring is 1. The van der Waals surface area contributed by atoms with Crippen molar-refractivity contribution in [3.8, 4) is 0 Å². The second-order valence-electron chi connectivity index (χ2n) is 5.64. The van der Waals surface area contributed by atoms with Crippen molar-refractivity contribution in [2.24, 2.45) is 5.84 Å². The Bertz CT molecular complexity index is 480. The fourth-order valence-electron chi connectivity index (χ4n) is 2.80. The number of nitrogens with two attached hydrogens (primary N) is 1. The minimum absolute atomic E-state index is 0.134. The van der Waals surface area contributed by atoms with E-state index in [0.29, 0.717) is 31.1 Å².